The fourth-order valence-electron chi connectivity index (χ4n) is 4.79. The van der Waals surface area contributed by atoms with E-state index in [9.17, 15) is 0 Å². The summed E-state index contributed by atoms with van der Waals surface area (Å²) in [6.45, 7) is 0. The van der Waals surface area contributed by atoms with E-state index in [-0.39, 0.29) is 0 Å². The number of benzene rings is 3. The minimum absolute atomic E-state index is 0.856. The van der Waals surface area contributed by atoms with Crippen molar-refractivity contribution in [2.45, 2.75) is 0 Å². The van der Waals surface area contributed by atoms with E-state index in [0.717, 1.165) is 50.1 Å². The van der Waals surface area contributed by atoms with Gasteiger partial charge in [-0.3, -0.25) is 4.57 Å². The monoisotopic (exact) mass is 402 g/mol. The molecular formula is C27H18N2O2. The second-order valence-corrected chi connectivity index (χ2v) is 7.95. The highest BCUT2D eigenvalue weighted by atomic mass is 16.3. The van der Waals surface area contributed by atoms with Gasteiger partial charge in [-0.25, -0.2) is 0 Å². The largest absolute Gasteiger partial charge is 0.447 e. The van der Waals surface area contributed by atoms with Crippen molar-refractivity contribution in [2.75, 3.05) is 0 Å². The molecular weight excluding hydrogens is 384 g/mol. The van der Waals surface area contributed by atoms with Gasteiger partial charge in [-0.1, -0.05) is 48.5 Å². The summed E-state index contributed by atoms with van der Waals surface area (Å²) < 4.78 is 16.5. The molecule has 0 saturated carbocycles. The van der Waals surface area contributed by atoms with Crippen LogP contribution in [0.3, 0.4) is 0 Å². The number of para-hydroxylation sites is 2. The van der Waals surface area contributed by atoms with Gasteiger partial charge in [0.05, 0.1) is 17.3 Å². The standard InChI is InChI=1S/C27H18N2O2/c1-28-23-10-6-5-9-19(23)22-16-25(31-26(22)28)17-11-12-20-21-13-14-30-27(21)29(24(20)15-17)18-7-3-2-4-8-18/h2-16H,1H3. The molecule has 0 fully saturated rings. The lowest BCUT2D eigenvalue weighted by Crippen LogP contribution is -1.92. The summed E-state index contributed by atoms with van der Waals surface area (Å²) in [5.41, 5.74) is 6.15. The molecule has 0 unspecified atom stereocenters. The number of rotatable bonds is 2. The molecule has 4 aromatic heterocycles. The quantitative estimate of drug-likeness (QED) is 0.305. The molecule has 0 aliphatic heterocycles. The van der Waals surface area contributed by atoms with E-state index < -0.39 is 0 Å². The third-order valence-electron chi connectivity index (χ3n) is 6.25. The van der Waals surface area contributed by atoms with E-state index in [1.54, 1.807) is 6.26 Å². The van der Waals surface area contributed by atoms with E-state index >= 15 is 0 Å². The SMILES string of the molecule is Cn1c2ccccc2c2cc(-c3ccc4c5ccoc5n(-c5ccccc5)c4c3)oc21. The summed E-state index contributed by atoms with van der Waals surface area (Å²) in [5.74, 6) is 0.866. The molecule has 4 nitrogen and oxygen atoms in total. The molecule has 7 aromatic rings. The Morgan fingerprint density at radius 2 is 1.45 bits per heavy atom. The molecule has 3 aromatic carbocycles. The summed E-state index contributed by atoms with van der Waals surface area (Å²) in [6.07, 6.45) is 1.75. The van der Waals surface area contributed by atoms with Crippen molar-refractivity contribution >= 4 is 44.0 Å². The van der Waals surface area contributed by atoms with E-state index in [2.05, 4.69) is 76.8 Å². The Bertz CT molecular complexity index is 1740. The van der Waals surface area contributed by atoms with Gasteiger partial charge in [-0.05, 0) is 36.4 Å². The summed E-state index contributed by atoms with van der Waals surface area (Å²) >= 11 is 0. The highest BCUT2D eigenvalue weighted by molar-refractivity contribution is 6.10. The van der Waals surface area contributed by atoms with Crippen molar-refractivity contribution < 1.29 is 8.83 Å². The zero-order chi connectivity index (χ0) is 20.5. The summed E-state index contributed by atoms with van der Waals surface area (Å²) in [5, 5.41) is 4.63. The van der Waals surface area contributed by atoms with Crippen LogP contribution in [0.15, 0.2) is 100 Å². The third-order valence-corrected chi connectivity index (χ3v) is 6.25. The maximum atomic E-state index is 6.35. The van der Waals surface area contributed by atoms with Crippen LogP contribution in [0.4, 0.5) is 0 Å². The first kappa shape index (κ1) is 16.6. The highest BCUT2D eigenvalue weighted by Crippen LogP contribution is 2.38. The molecule has 31 heavy (non-hydrogen) atoms. The van der Waals surface area contributed by atoms with Crippen LogP contribution in [0.25, 0.3) is 61.0 Å². The second-order valence-electron chi connectivity index (χ2n) is 7.95. The maximum Gasteiger partial charge on any atom is 0.212 e. The first-order valence-electron chi connectivity index (χ1n) is 10.3. The van der Waals surface area contributed by atoms with Crippen LogP contribution in [0.2, 0.25) is 0 Å². The van der Waals surface area contributed by atoms with Crippen molar-refractivity contribution in [1.29, 1.82) is 0 Å². The normalized spacial score (nSPS) is 12.0. The van der Waals surface area contributed by atoms with Crippen LogP contribution >= 0.6 is 0 Å². The average Bonchev–Trinajstić information content (AvgIpc) is 3.56. The summed E-state index contributed by atoms with van der Waals surface area (Å²) in [7, 11) is 2.05. The van der Waals surface area contributed by atoms with E-state index in [4.69, 9.17) is 8.83 Å². The number of hydrogen-bond acceptors (Lipinski definition) is 2. The van der Waals surface area contributed by atoms with Gasteiger partial charge in [0.2, 0.25) is 11.4 Å². The van der Waals surface area contributed by atoms with Gasteiger partial charge < -0.3 is 13.4 Å². The van der Waals surface area contributed by atoms with Crippen molar-refractivity contribution in [1.82, 2.24) is 9.13 Å². The van der Waals surface area contributed by atoms with Crippen LogP contribution in [-0.4, -0.2) is 9.13 Å². The molecule has 0 N–H and O–H groups in total. The van der Waals surface area contributed by atoms with E-state index in [0.29, 0.717) is 0 Å². The van der Waals surface area contributed by atoms with Crippen LogP contribution in [0, 0.1) is 0 Å². The first-order chi connectivity index (χ1) is 15.3. The number of nitrogens with zero attached hydrogens (tertiary/aromatic N) is 2. The van der Waals surface area contributed by atoms with Gasteiger partial charge in [0.25, 0.3) is 0 Å². The zero-order valence-corrected chi connectivity index (χ0v) is 16.9. The molecule has 0 atom stereocenters. The van der Waals surface area contributed by atoms with Crippen LogP contribution in [0.5, 0.6) is 0 Å². The predicted molar refractivity (Wildman–Crippen MR) is 125 cm³/mol. The smallest absolute Gasteiger partial charge is 0.212 e. The molecule has 0 amide bonds. The Hall–Kier alpha value is -4.18. The number of furan rings is 2. The van der Waals surface area contributed by atoms with Gasteiger partial charge in [0, 0.05) is 39.8 Å². The molecule has 0 bridgehead atoms. The van der Waals surface area contributed by atoms with Crippen molar-refractivity contribution in [3.63, 3.8) is 0 Å². The van der Waals surface area contributed by atoms with Gasteiger partial charge in [0.1, 0.15) is 5.76 Å². The Kier molecular flexibility index (Phi) is 3.17. The Morgan fingerprint density at radius 1 is 0.645 bits per heavy atom. The molecule has 0 spiro atoms. The number of aryl methyl sites for hydroxylation is 1. The Balaban J connectivity index is 1.50. The maximum absolute atomic E-state index is 6.35. The molecule has 7 rings (SSSR count). The molecule has 148 valence electrons. The van der Waals surface area contributed by atoms with Gasteiger partial charge in [-0.2, -0.15) is 0 Å². The van der Waals surface area contributed by atoms with Crippen LogP contribution < -0.4 is 0 Å². The second kappa shape index (κ2) is 5.92. The minimum atomic E-state index is 0.856. The fraction of sp³-hybridized carbons (Fsp3) is 0.0370. The zero-order valence-electron chi connectivity index (χ0n) is 16.9. The lowest BCUT2D eigenvalue weighted by atomic mass is 10.1. The van der Waals surface area contributed by atoms with Gasteiger partial charge in [-0.15, -0.1) is 0 Å². The van der Waals surface area contributed by atoms with Crippen molar-refractivity contribution in [3.8, 4) is 17.0 Å². The lowest BCUT2D eigenvalue weighted by molar-refractivity contribution is 0.595. The summed E-state index contributed by atoms with van der Waals surface area (Å²) in [6, 6.07) is 29.4. The third kappa shape index (κ3) is 2.19. The number of aromatic nitrogens is 2. The average molecular weight is 402 g/mol. The summed E-state index contributed by atoms with van der Waals surface area (Å²) in [4.78, 5) is 0. The first-order valence-corrected chi connectivity index (χ1v) is 10.3. The highest BCUT2D eigenvalue weighted by Gasteiger charge is 2.18. The van der Waals surface area contributed by atoms with E-state index in [1.807, 2.05) is 24.3 Å². The molecule has 0 saturated heterocycles. The van der Waals surface area contributed by atoms with Gasteiger partial charge >= 0.3 is 0 Å². The molecule has 4 heterocycles. The Morgan fingerprint density at radius 3 is 2.35 bits per heavy atom. The van der Waals surface area contributed by atoms with Crippen LogP contribution in [0.1, 0.15) is 0 Å². The lowest BCUT2D eigenvalue weighted by Gasteiger charge is -2.06. The molecule has 0 radical (unpaired) electrons. The minimum Gasteiger partial charge on any atom is -0.447 e. The van der Waals surface area contributed by atoms with Crippen molar-refractivity contribution in [2.24, 2.45) is 7.05 Å². The predicted octanol–water partition coefficient (Wildman–Crippen LogP) is 7.28. The Labute approximate surface area is 177 Å². The number of hydrogen-bond donors (Lipinski definition) is 0. The molecule has 0 aliphatic carbocycles. The van der Waals surface area contributed by atoms with Crippen LogP contribution in [-0.2, 0) is 7.05 Å². The molecule has 0 aliphatic rings. The van der Waals surface area contributed by atoms with E-state index in [1.165, 1.54) is 10.9 Å². The van der Waals surface area contributed by atoms with Crippen molar-refractivity contribution in [3.05, 3.63) is 91.2 Å². The molecule has 4 heteroatoms. The van der Waals surface area contributed by atoms with Gasteiger partial charge in [0.15, 0.2) is 0 Å². The topological polar surface area (TPSA) is 36.1 Å². The number of fused-ring (bicyclic) bond motifs is 6. The fourth-order valence-corrected chi connectivity index (χ4v) is 4.79.